The zero-order valence-electron chi connectivity index (χ0n) is 12.6. The predicted octanol–water partition coefficient (Wildman–Crippen LogP) is 3.06. The lowest BCUT2D eigenvalue weighted by molar-refractivity contribution is -0.155. The van der Waals surface area contributed by atoms with Crippen molar-refractivity contribution in [1.29, 1.82) is 0 Å². The van der Waals surface area contributed by atoms with Gasteiger partial charge in [0, 0.05) is 19.5 Å². The Kier molecular flexibility index (Phi) is 5.06. The minimum absolute atomic E-state index is 0.0567. The molecule has 0 spiro atoms. The molecule has 1 aliphatic heterocycles. The predicted molar refractivity (Wildman–Crippen MR) is 77.4 cm³/mol. The first kappa shape index (κ1) is 15.3. The highest BCUT2D eigenvalue weighted by Gasteiger charge is 2.41. The Morgan fingerprint density at radius 3 is 2.15 bits per heavy atom. The molecule has 4 heteroatoms. The number of carboxylic acids is 1. The zero-order chi connectivity index (χ0) is 14.6. The normalized spacial score (nSPS) is 24.1. The summed E-state index contributed by atoms with van der Waals surface area (Å²) in [5.74, 6) is -0.0234. The fraction of sp³-hybridized carbons (Fsp3) is 0.875. The number of hydrogen-bond donors (Lipinski definition) is 1. The Morgan fingerprint density at radius 2 is 1.65 bits per heavy atom. The van der Waals surface area contributed by atoms with E-state index in [2.05, 4.69) is 6.92 Å². The van der Waals surface area contributed by atoms with Gasteiger partial charge in [0.2, 0.25) is 5.91 Å². The first-order valence-electron chi connectivity index (χ1n) is 8.05. The number of piperidine rings is 1. The third-order valence-corrected chi connectivity index (χ3v) is 5.14. The van der Waals surface area contributed by atoms with Gasteiger partial charge in [-0.2, -0.15) is 0 Å². The number of carbonyl (C=O) groups excluding carboxylic acids is 1. The molecular formula is C16H27NO3. The summed E-state index contributed by atoms with van der Waals surface area (Å²) in [5, 5.41) is 9.63. The van der Waals surface area contributed by atoms with E-state index in [1.54, 1.807) is 0 Å². The van der Waals surface area contributed by atoms with E-state index >= 15 is 0 Å². The highest BCUT2D eigenvalue weighted by Crippen LogP contribution is 2.39. The van der Waals surface area contributed by atoms with Crippen LogP contribution in [-0.2, 0) is 9.59 Å². The average molecular weight is 281 g/mol. The number of likely N-dealkylation sites (tertiary alicyclic amines) is 1. The van der Waals surface area contributed by atoms with Crippen LogP contribution < -0.4 is 0 Å². The molecule has 0 unspecified atom stereocenters. The molecule has 0 radical (unpaired) electrons. The van der Waals surface area contributed by atoms with Crippen molar-refractivity contribution in [2.24, 2.45) is 11.3 Å². The number of aliphatic carboxylic acids is 1. The molecule has 1 heterocycles. The maximum atomic E-state index is 12.5. The van der Waals surface area contributed by atoms with Gasteiger partial charge in [-0.25, -0.2) is 0 Å². The Hall–Kier alpha value is -1.06. The molecule has 4 nitrogen and oxygen atoms in total. The molecule has 1 saturated heterocycles. The lowest BCUT2D eigenvalue weighted by Crippen LogP contribution is -2.42. The second-order valence-corrected chi connectivity index (χ2v) is 6.74. The van der Waals surface area contributed by atoms with E-state index in [4.69, 9.17) is 0 Å². The van der Waals surface area contributed by atoms with Crippen molar-refractivity contribution in [3.05, 3.63) is 0 Å². The van der Waals surface area contributed by atoms with Gasteiger partial charge in [0.25, 0.3) is 0 Å². The van der Waals surface area contributed by atoms with Crippen LogP contribution in [0.25, 0.3) is 0 Å². The summed E-state index contributed by atoms with van der Waals surface area (Å²) in [6.07, 6.45) is 7.72. The number of amides is 1. The second-order valence-electron chi connectivity index (χ2n) is 6.74. The smallest absolute Gasteiger partial charge is 0.310 e. The first-order valence-corrected chi connectivity index (χ1v) is 8.05. The van der Waals surface area contributed by atoms with Crippen LogP contribution in [0.2, 0.25) is 0 Å². The summed E-state index contributed by atoms with van der Waals surface area (Å²) in [6, 6.07) is 0. The summed E-state index contributed by atoms with van der Waals surface area (Å²) >= 11 is 0. The van der Waals surface area contributed by atoms with Crippen molar-refractivity contribution in [2.45, 2.75) is 64.7 Å². The number of nitrogens with zero attached hydrogens (tertiary/aromatic N) is 1. The molecule has 1 amide bonds. The quantitative estimate of drug-likeness (QED) is 0.809. The molecule has 0 aromatic carbocycles. The third-order valence-electron chi connectivity index (χ3n) is 5.14. The summed E-state index contributed by atoms with van der Waals surface area (Å²) in [7, 11) is 0. The average Bonchev–Trinajstić information content (AvgIpc) is 2.66. The molecule has 2 aliphatic rings. The Balaban J connectivity index is 2.00. The molecule has 0 atom stereocenters. The van der Waals surface area contributed by atoms with E-state index in [9.17, 15) is 14.7 Å². The van der Waals surface area contributed by atoms with Crippen molar-refractivity contribution < 1.29 is 14.7 Å². The molecular weight excluding hydrogens is 254 g/mol. The van der Waals surface area contributed by atoms with E-state index < -0.39 is 11.4 Å². The van der Waals surface area contributed by atoms with Crippen LogP contribution in [0.5, 0.6) is 0 Å². The highest BCUT2D eigenvalue weighted by atomic mass is 16.4. The largest absolute Gasteiger partial charge is 0.481 e. The minimum Gasteiger partial charge on any atom is -0.481 e. The van der Waals surface area contributed by atoms with Crippen LogP contribution in [0.1, 0.15) is 64.7 Å². The van der Waals surface area contributed by atoms with Gasteiger partial charge >= 0.3 is 5.97 Å². The van der Waals surface area contributed by atoms with Gasteiger partial charge in [-0.05, 0) is 31.6 Å². The van der Waals surface area contributed by atoms with Crippen LogP contribution in [0.4, 0.5) is 0 Å². The fourth-order valence-electron chi connectivity index (χ4n) is 3.53. The van der Waals surface area contributed by atoms with E-state index in [-0.39, 0.29) is 12.3 Å². The molecule has 114 valence electrons. The lowest BCUT2D eigenvalue weighted by Gasteiger charge is -2.34. The summed E-state index contributed by atoms with van der Waals surface area (Å²) in [6.45, 7) is 3.82. The Labute approximate surface area is 121 Å². The van der Waals surface area contributed by atoms with Crippen LogP contribution >= 0.6 is 0 Å². The van der Waals surface area contributed by atoms with Gasteiger partial charge in [0.1, 0.15) is 0 Å². The zero-order valence-corrected chi connectivity index (χ0v) is 12.6. The number of carbonyl (C=O) groups is 2. The topological polar surface area (TPSA) is 57.6 Å². The Bertz CT molecular complexity index is 351. The molecule has 2 rings (SSSR count). The molecule has 1 saturated carbocycles. The summed E-state index contributed by atoms with van der Waals surface area (Å²) < 4.78 is 0. The van der Waals surface area contributed by atoms with Crippen molar-refractivity contribution in [2.75, 3.05) is 13.1 Å². The number of rotatable bonds is 3. The number of hydrogen-bond acceptors (Lipinski definition) is 2. The van der Waals surface area contributed by atoms with Gasteiger partial charge in [-0.15, -0.1) is 0 Å². The van der Waals surface area contributed by atoms with Crippen LogP contribution in [0.15, 0.2) is 0 Å². The fourth-order valence-corrected chi connectivity index (χ4v) is 3.53. The molecule has 20 heavy (non-hydrogen) atoms. The van der Waals surface area contributed by atoms with Gasteiger partial charge in [0.05, 0.1) is 5.41 Å². The van der Waals surface area contributed by atoms with E-state index in [0.29, 0.717) is 18.8 Å². The lowest BCUT2D eigenvalue weighted by atomic mass is 9.77. The van der Waals surface area contributed by atoms with E-state index in [1.165, 1.54) is 0 Å². The van der Waals surface area contributed by atoms with Gasteiger partial charge in [0.15, 0.2) is 0 Å². The van der Waals surface area contributed by atoms with Gasteiger partial charge in [-0.3, -0.25) is 9.59 Å². The monoisotopic (exact) mass is 281 g/mol. The number of carboxylic acid groups (broad SMARTS) is 1. The van der Waals surface area contributed by atoms with Crippen molar-refractivity contribution in [3.63, 3.8) is 0 Å². The van der Waals surface area contributed by atoms with Crippen molar-refractivity contribution in [3.8, 4) is 0 Å². The van der Waals surface area contributed by atoms with Crippen LogP contribution in [-0.4, -0.2) is 35.0 Å². The third kappa shape index (κ3) is 3.53. The molecule has 0 bridgehead atoms. The molecule has 0 aromatic heterocycles. The van der Waals surface area contributed by atoms with Gasteiger partial charge < -0.3 is 10.0 Å². The van der Waals surface area contributed by atoms with Crippen molar-refractivity contribution in [1.82, 2.24) is 4.90 Å². The molecule has 1 N–H and O–H groups in total. The summed E-state index contributed by atoms with van der Waals surface area (Å²) in [4.78, 5) is 26.1. The SMILES string of the molecule is CC1CCN(C(=O)CC2(C(=O)O)CCCCCC2)CC1. The Morgan fingerprint density at radius 1 is 1.10 bits per heavy atom. The van der Waals surface area contributed by atoms with Crippen molar-refractivity contribution >= 4 is 11.9 Å². The highest BCUT2D eigenvalue weighted by molar-refractivity contribution is 5.85. The van der Waals surface area contributed by atoms with Gasteiger partial charge in [-0.1, -0.05) is 32.6 Å². The second kappa shape index (κ2) is 6.59. The molecule has 2 fully saturated rings. The molecule has 0 aromatic rings. The standard InChI is InChI=1S/C16H27NO3/c1-13-6-10-17(11-7-13)14(18)12-16(15(19)20)8-4-2-3-5-9-16/h13H,2-12H2,1H3,(H,19,20). The van der Waals surface area contributed by atoms with E-state index in [1.807, 2.05) is 4.90 Å². The van der Waals surface area contributed by atoms with E-state index in [0.717, 1.165) is 51.6 Å². The minimum atomic E-state index is -0.795. The molecule has 1 aliphatic carbocycles. The van der Waals surface area contributed by atoms with Crippen LogP contribution in [0.3, 0.4) is 0 Å². The summed E-state index contributed by atoms with van der Waals surface area (Å²) in [5.41, 5.74) is -0.795. The van der Waals surface area contributed by atoms with Crippen LogP contribution in [0, 0.1) is 11.3 Å². The maximum Gasteiger partial charge on any atom is 0.310 e. The maximum absolute atomic E-state index is 12.5. The first-order chi connectivity index (χ1) is 9.53.